The highest BCUT2D eigenvalue weighted by Crippen LogP contribution is 2.29. The summed E-state index contributed by atoms with van der Waals surface area (Å²) < 4.78 is 58.5. The van der Waals surface area contributed by atoms with Crippen LogP contribution in [0.15, 0.2) is 0 Å². The third-order valence-corrected chi connectivity index (χ3v) is 2.60. The fraction of sp³-hybridized carbons (Fsp3) is 0.857. The second-order valence-electron chi connectivity index (χ2n) is 3.54. The van der Waals surface area contributed by atoms with Crippen molar-refractivity contribution in [3.05, 3.63) is 0 Å². The van der Waals surface area contributed by atoms with E-state index in [9.17, 15) is 26.5 Å². The molecule has 0 amide bonds. The lowest BCUT2D eigenvalue weighted by Crippen LogP contribution is -2.39. The number of alkyl halides is 2. The van der Waals surface area contributed by atoms with E-state index in [1.807, 2.05) is 0 Å². The molecule has 0 bridgehead atoms. The molecule has 0 aromatic heterocycles. The van der Waals surface area contributed by atoms with E-state index in [0.717, 1.165) is 0 Å². The van der Waals surface area contributed by atoms with Crippen molar-refractivity contribution in [2.75, 3.05) is 0 Å². The van der Waals surface area contributed by atoms with Gasteiger partial charge >= 0.3 is 11.4 Å². The number of carbonyl (C=O) groups is 1. The number of carbonyl (C=O) groups excluding carboxylic acids is 1. The molecule has 0 radical (unpaired) electrons. The Morgan fingerprint density at radius 2 is 1.80 bits per heavy atom. The van der Waals surface area contributed by atoms with Crippen molar-refractivity contribution in [1.29, 1.82) is 0 Å². The molecule has 8 heteroatoms. The maximum atomic E-state index is 12.5. The maximum Gasteiger partial charge on any atom is 0.499 e. The Morgan fingerprint density at radius 3 is 2.07 bits per heavy atom. The lowest BCUT2D eigenvalue weighted by atomic mass is 9.91. The van der Waals surface area contributed by atoms with Gasteiger partial charge in [0.2, 0.25) is 10.1 Å². The van der Waals surface area contributed by atoms with Crippen LogP contribution in [-0.2, 0) is 19.6 Å². The molecule has 0 saturated heterocycles. The predicted octanol–water partition coefficient (Wildman–Crippen LogP) is 1.06. The lowest BCUT2D eigenvalue weighted by molar-refractivity contribution is -0.204. The van der Waals surface area contributed by atoms with E-state index >= 15 is 0 Å². The minimum absolute atomic E-state index is 0.167. The molecule has 0 N–H and O–H groups in total. The van der Waals surface area contributed by atoms with Crippen LogP contribution in [0, 0.1) is 5.41 Å². The number of hydrogen-bond acceptors (Lipinski definition) is 5. The van der Waals surface area contributed by atoms with Crippen molar-refractivity contribution in [3.8, 4) is 0 Å². The van der Waals surface area contributed by atoms with Gasteiger partial charge in [-0.05, 0) is 20.3 Å². The van der Waals surface area contributed by atoms with Gasteiger partial charge in [0.15, 0.2) is 0 Å². The molecule has 0 rings (SSSR count). The summed E-state index contributed by atoms with van der Waals surface area (Å²) in [7, 11) is -5.99. The minimum atomic E-state index is -5.99. The third kappa shape index (κ3) is 3.38. The zero-order chi connectivity index (χ0) is 12.5. The molecule has 0 aromatic rings. The summed E-state index contributed by atoms with van der Waals surface area (Å²) in [4.78, 5) is 11.1. The number of halogens is 2. The zero-order valence-electron chi connectivity index (χ0n) is 8.41. The second-order valence-corrected chi connectivity index (χ2v) is 4.93. The summed E-state index contributed by atoms with van der Waals surface area (Å²) >= 11 is 0. The molecule has 0 atom stereocenters. The topological polar surface area (TPSA) is 83.5 Å². The van der Waals surface area contributed by atoms with Crippen LogP contribution in [0.25, 0.3) is 0 Å². The smallest absolute Gasteiger partial charge is 0.499 e. The summed E-state index contributed by atoms with van der Waals surface area (Å²) in [6.45, 7) is 4.12. The van der Waals surface area contributed by atoms with Crippen LogP contribution in [0.3, 0.4) is 0 Å². The fourth-order valence-corrected chi connectivity index (χ4v) is 0.619. The van der Waals surface area contributed by atoms with Crippen molar-refractivity contribution in [2.24, 2.45) is 5.41 Å². The van der Waals surface area contributed by atoms with Gasteiger partial charge in [-0.2, -0.15) is 8.78 Å². The maximum absolute atomic E-state index is 12.5. The van der Waals surface area contributed by atoms with Gasteiger partial charge in [0.1, 0.15) is 0 Å². The quantitative estimate of drug-likeness (QED) is 0.546. The van der Waals surface area contributed by atoms with E-state index in [4.69, 9.17) is 0 Å². The second kappa shape index (κ2) is 4.01. The molecule has 5 nitrogen and oxygen atoms in total. The normalized spacial score (nSPS) is 13.7. The van der Waals surface area contributed by atoms with Gasteiger partial charge in [-0.15, -0.1) is 0 Å². The summed E-state index contributed by atoms with van der Waals surface area (Å²) in [5, 5.41) is 0. The number of ether oxygens (including phenoxy) is 1. The van der Waals surface area contributed by atoms with Crippen molar-refractivity contribution < 1.29 is 31.3 Å². The highest BCUT2D eigenvalue weighted by atomic mass is 32.2. The molecule has 0 aromatic carbocycles. The molecule has 0 aliphatic heterocycles. The Kier molecular flexibility index (Phi) is 3.81. The van der Waals surface area contributed by atoms with E-state index in [1.54, 1.807) is 0 Å². The van der Waals surface area contributed by atoms with Crippen LogP contribution in [0.5, 0.6) is 0 Å². The SMILES string of the molecule is CCC(C)(C)C(=O)OC(F)(F)S(=O)(=O)[O-]. The standard InChI is InChI=1S/C7H12F2O5S/c1-4-6(2,3)5(10)14-7(8,9)15(11,12)13/h4H2,1-3H3,(H,11,12,13)/p-1. The molecular formula is C7H11F2O5S-. The summed E-state index contributed by atoms with van der Waals surface area (Å²) in [5.41, 5.74) is -6.29. The van der Waals surface area contributed by atoms with Crippen LogP contribution >= 0.6 is 0 Å². The molecule has 0 spiro atoms. The van der Waals surface area contributed by atoms with Crippen molar-refractivity contribution in [2.45, 2.75) is 32.6 Å². The molecule has 0 unspecified atom stereocenters. The molecule has 90 valence electrons. The molecule has 0 saturated carbocycles. The van der Waals surface area contributed by atoms with Crippen LogP contribution in [-0.4, -0.2) is 24.4 Å². The van der Waals surface area contributed by atoms with Crippen LogP contribution < -0.4 is 0 Å². The molecule has 15 heavy (non-hydrogen) atoms. The van der Waals surface area contributed by atoms with Gasteiger partial charge in [-0.3, -0.25) is 4.79 Å². The van der Waals surface area contributed by atoms with Gasteiger partial charge in [0.25, 0.3) is 0 Å². The molecule has 0 aliphatic carbocycles. The van der Waals surface area contributed by atoms with E-state index in [0.29, 0.717) is 0 Å². The Balaban J connectivity index is 4.85. The fourth-order valence-electron chi connectivity index (χ4n) is 0.441. The van der Waals surface area contributed by atoms with Crippen molar-refractivity contribution in [3.63, 3.8) is 0 Å². The first-order chi connectivity index (χ1) is 6.44. The van der Waals surface area contributed by atoms with Crippen LogP contribution in [0.2, 0.25) is 0 Å². The van der Waals surface area contributed by atoms with E-state index in [1.165, 1.54) is 20.8 Å². The highest BCUT2D eigenvalue weighted by Gasteiger charge is 2.45. The zero-order valence-corrected chi connectivity index (χ0v) is 9.23. The lowest BCUT2D eigenvalue weighted by Gasteiger charge is -2.25. The predicted molar refractivity (Wildman–Crippen MR) is 44.8 cm³/mol. The van der Waals surface area contributed by atoms with Gasteiger partial charge < -0.3 is 9.29 Å². The van der Waals surface area contributed by atoms with Gasteiger partial charge in [-0.1, -0.05) is 6.92 Å². The van der Waals surface area contributed by atoms with Crippen LogP contribution in [0.1, 0.15) is 27.2 Å². The Labute approximate surface area is 86.2 Å². The molecular weight excluding hydrogens is 234 g/mol. The Morgan fingerprint density at radius 1 is 1.40 bits per heavy atom. The van der Waals surface area contributed by atoms with Gasteiger partial charge in [-0.25, -0.2) is 8.42 Å². The molecule has 0 aliphatic rings. The average molecular weight is 245 g/mol. The largest absolute Gasteiger partial charge is 0.740 e. The number of rotatable bonds is 4. The van der Waals surface area contributed by atoms with Gasteiger partial charge in [0.05, 0.1) is 5.41 Å². The first-order valence-corrected chi connectivity index (χ1v) is 5.41. The Hall–Kier alpha value is -0.760. The Bertz CT molecular complexity index is 346. The third-order valence-electron chi connectivity index (χ3n) is 1.94. The molecule has 0 heterocycles. The average Bonchev–Trinajstić information content (AvgIpc) is 2.01. The first kappa shape index (κ1) is 14.2. The summed E-state index contributed by atoms with van der Waals surface area (Å²) in [5.74, 6) is -1.44. The first-order valence-electron chi connectivity index (χ1n) is 4.01. The summed E-state index contributed by atoms with van der Waals surface area (Å²) in [6, 6.07) is 0. The number of esters is 1. The van der Waals surface area contributed by atoms with E-state index < -0.39 is 26.9 Å². The van der Waals surface area contributed by atoms with Crippen LogP contribution in [0.4, 0.5) is 8.78 Å². The van der Waals surface area contributed by atoms with Crippen molar-refractivity contribution >= 4 is 16.1 Å². The minimum Gasteiger partial charge on any atom is -0.740 e. The van der Waals surface area contributed by atoms with E-state index in [-0.39, 0.29) is 6.42 Å². The summed E-state index contributed by atoms with van der Waals surface area (Å²) in [6.07, 6.45) is 0.167. The monoisotopic (exact) mass is 245 g/mol. The van der Waals surface area contributed by atoms with Gasteiger partial charge in [0, 0.05) is 0 Å². The highest BCUT2D eigenvalue weighted by molar-refractivity contribution is 7.86. The van der Waals surface area contributed by atoms with E-state index in [2.05, 4.69) is 4.74 Å². The van der Waals surface area contributed by atoms with Crippen molar-refractivity contribution in [1.82, 2.24) is 0 Å². The number of hydrogen-bond donors (Lipinski definition) is 0. The molecule has 0 fully saturated rings.